The van der Waals surface area contributed by atoms with E-state index in [4.69, 9.17) is 14.5 Å². The first kappa shape index (κ1) is 26.1. The van der Waals surface area contributed by atoms with Crippen molar-refractivity contribution in [3.63, 3.8) is 0 Å². The monoisotopic (exact) mass is 418 g/mol. The highest BCUT2D eigenvalue weighted by molar-refractivity contribution is 5.68. The van der Waals surface area contributed by atoms with Crippen molar-refractivity contribution in [2.24, 2.45) is 0 Å². The second kappa shape index (κ2) is 19.0. The van der Waals surface area contributed by atoms with E-state index < -0.39 is 0 Å². The van der Waals surface area contributed by atoms with Crippen LogP contribution >= 0.6 is 0 Å². The fourth-order valence-corrected chi connectivity index (χ4v) is 3.27. The molecule has 0 heterocycles. The standard InChI is InChI=1S/C26H42O4/c1-3-5-6-7-8-9-10-11-12-13-14-15-16-17-18-23-26(27)30-29-25-22-20-19-21-24(25)28-4-2/h11-12,19-22H,3-10,13-18,23H2,1-2H3. The molecule has 1 aromatic rings. The lowest BCUT2D eigenvalue weighted by molar-refractivity contribution is -0.214. The van der Waals surface area contributed by atoms with Crippen molar-refractivity contribution in [1.82, 2.24) is 0 Å². The van der Waals surface area contributed by atoms with Gasteiger partial charge in [0.1, 0.15) is 0 Å². The molecule has 4 heteroatoms. The lowest BCUT2D eigenvalue weighted by Crippen LogP contribution is -2.08. The number of hydrogen-bond donors (Lipinski definition) is 0. The van der Waals surface area contributed by atoms with Crippen molar-refractivity contribution >= 4 is 5.97 Å². The van der Waals surface area contributed by atoms with Crippen molar-refractivity contribution in [2.75, 3.05) is 6.61 Å². The van der Waals surface area contributed by atoms with Gasteiger partial charge in [0.2, 0.25) is 5.75 Å². The molecule has 0 amide bonds. The summed E-state index contributed by atoms with van der Waals surface area (Å²) < 4.78 is 5.44. The molecule has 0 spiro atoms. The van der Waals surface area contributed by atoms with Crippen LogP contribution in [-0.4, -0.2) is 12.6 Å². The zero-order chi connectivity index (χ0) is 21.7. The Balaban J connectivity index is 1.93. The molecule has 0 atom stereocenters. The summed E-state index contributed by atoms with van der Waals surface area (Å²) in [6, 6.07) is 7.18. The lowest BCUT2D eigenvalue weighted by Gasteiger charge is -2.09. The minimum absolute atomic E-state index is 0.334. The predicted octanol–water partition coefficient (Wildman–Crippen LogP) is 7.96. The van der Waals surface area contributed by atoms with Crippen LogP contribution in [0.4, 0.5) is 0 Å². The average Bonchev–Trinajstić information content (AvgIpc) is 2.76. The number of carbonyl (C=O) groups is 1. The first-order valence-electron chi connectivity index (χ1n) is 12.0. The number of carbonyl (C=O) groups excluding carboxylic acids is 1. The van der Waals surface area contributed by atoms with Crippen LogP contribution in [0.25, 0.3) is 0 Å². The van der Waals surface area contributed by atoms with Gasteiger partial charge in [-0.15, -0.1) is 0 Å². The van der Waals surface area contributed by atoms with Gasteiger partial charge >= 0.3 is 5.97 Å². The van der Waals surface area contributed by atoms with Gasteiger partial charge in [0, 0.05) is 0 Å². The van der Waals surface area contributed by atoms with Crippen molar-refractivity contribution in [2.45, 2.75) is 104 Å². The van der Waals surface area contributed by atoms with E-state index in [-0.39, 0.29) is 5.97 Å². The number of rotatable bonds is 19. The van der Waals surface area contributed by atoms with Crippen LogP contribution in [0.15, 0.2) is 36.4 Å². The van der Waals surface area contributed by atoms with Crippen LogP contribution < -0.4 is 9.62 Å². The van der Waals surface area contributed by atoms with Crippen LogP contribution in [-0.2, 0) is 9.68 Å². The molecule has 0 aromatic heterocycles. The van der Waals surface area contributed by atoms with Crippen LogP contribution in [0.2, 0.25) is 0 Å². The smallest absolute Gasteiger partial charge is 0.355 e. The van der Waals surface area contributed by atoms with Crippen molar-refractivity contribution in [1.29, 1.82) is 0 Å². The Kier molecular flexibility index (Phi) is 16.5. The van der Waals surface area contributed by atoms with E-state index in [1.54, 1.807) is 12.1 Å². The minimum atomic E-state index is -0.334. The summed E-state index contributed by atoms with van der Waals surface area (Å²) in [6.07, 6.45) is 21.1. The fourth-order valence-electron chi connectivity index (χ4n) is 3.27. The third-order valence-corrected chi connectivity index (χ3v) is 5.02. The summed E-state index contributed by atoms with van der Waals surface area (Å²) in [5, 5.41) is 0. The Bertz CT molecular complexity index is 568. The van der Waals surface area contributed by atoms with Crippen LogP contribution in [0, 0.1) is 0 Å². The number of benzene rings is 1. The van der Waals surface area contributed by atoms with Gasteiger partial charge < -0.3 is 4.74 Å². The van der Waals surface area contributed by atoms with E-state index in [2.05, 4.69) is 19.1 Å². The largest absolute Gasteiger partial charge is 0.490 e. The predicted molar refractivity (Wildman–Crippen MR) is 124 cm³/mol. The third kappa shape index (κ3) is 14.1. The normalized spacial score (nSPS) is 11.0. The molecular weight excluding hydrogens is 376 g/mol. The summed E-state index contributed by atoms with van der Waals surface area (Å²) >= 11 is 0. The van der Waals surface area contributed by atoms with Gasteiger partial charge in [-0.25, -0.2) is 4.79 Å². The van der Waals surface area contributed by atoms with E-state index in [9.17, 15) is 4.79 Å². The highest BCUT2D eigenvalue weighted by Crippen LogP contribution is 2.26. The number of ether oxygens (including phenoxy) is 1. The number of hydrogen-bond acceptors (Lipinski definition) is 4. The average molecular weight is 419 g/mol. The van der Waals surface area contributed by atoms with Gasteiger partial charge in [-0.2, -0.15) is 0 Å². The highest BCUT2D eigenvalue weighted by atomic mass is 17.2. The second-order valence-electron chi connectivity index (χ2n) is 7.75. The lowest BCUT2D eigenvalue weighted by atomic mass is 10.1. The molecule has 0 aliphatic heterocycles. The quantitative estimate of drug-likeness (QED) is 0.0989. The SMILES string of the molecule is CCCCCCCCC=CCCCCCCCC(=O)OOc1ccccc1OCC. The van der Waals surface area contributed by atoms with Gasteiger partial charge in [-0.3, -0.25) is 9.78 Å². The van der Waals surface area contributed by atoms with Crippen molar-refractivity contribution in [3.05, 3.63) is 36.4 Å². The van der Waals surface area contributed by atoms with E-state index >= 15 is 0 Å². The highest BCUT2D eigenvalue weighted by Gasteiger charge is 2.09. The molecule has 1 rings (SSSR count). The van der Waals surface area contributed by atoms with Crippen LogP contribution in [0.1, 0.15) is 104 Å². The zero-order valence-electron chi connectivity index (χ0n) is 19.2. The van der Waals surface area contributed by atoms with E-state index in [1.165, 1.54) is 64.2 Å². The van der Waals surface area contributed by atoms with Gasteiger partial charge in [0.25, 0.3) is 0 Å². The molecular formula is C26H42O4. The second-order valence-corrected chi connectivity index (χ2v) is 7.75. The third-order valence-electron chi connectivity index (χ3n) is 5.02. The van der Waals surface area contributed by atoms with Gasteiger partial charge in [-0.05, 0) is 51.2 Å². The summed E-state index contributed by atoms with van der Waals surface area (Å²) in [5.74, 6) is 0.671. The van der Waals surface area contributed by atoms with Gasteiger partial charge in [0.05, 0.1) is 13.0 Å². The maximum absolute atomic E-state index is 11.8. The van der Waals surface area contributed by atoms with E-state index in [0.717, 1.165) is 19.3 Å². The summed E-state index contributed by atoms with van der Waals surface area (Å²) in [5.41, 5.74) is 0. The maximum Gasteiger partial charge on any atom is 0.355 e. The first-order valence-corrected chi connectivity index (χ1v) is 12.0. The Labute approximate surface area is 183 Å². The molecule has 30 heavy (non-hydrogen) atoms. The molecule has 1 aromatic carbocycles. The van der Waals surface area contributed by atoms with Crippen LogP contribution in [0.3, 0.4) is 0 Å². The molecule has 0 N–H and O–H groups in total. The molecule has 0 unspecified atom stereocenters. The Morgan fingerprint density at radius 1 is 0.767 bits per heavy atom. The number of para-hydroxylation sites is 2. The fraction of sp³-hybridized carbons (Fsp3) is 0.654. The number of unbranched alkanes of at least 4 members (excludes halogenated alkanes) is 11. The van der Waals surface area contributed by atoms with E-state index in [1.807, 2.05) is 19.1 Å². The summed E-state index contributed by atoms with van der Waals surface area (Å²) in [4.78, 5) is 21.9. The Morgan fingerprint density at radius 2 is 1.33 bits per heavy atom. The zero-order valence-corrected chi connectivity index (χ0v) is 19.2. The molecule has 0 saturated heterocycles. The summed E-state index contributed by atoms with van der Waals surface area (Å²) in [7, 11) is 0. The Hall–Kier alpha value is -1.97. The molecule has 0 aliphatic rings. The molecule has 4 nitrogen and oxygen atoms in total. The van der Waals surface area contributed by atoms with Crippen molar-refractivity contribution in [3.8, 4) is 11.5 Å². The molecule has 0 saturated carbocycles. The first-order chi connectivity index (χ1) is 14.8. The minimum Gasteiger partial charge on any atom is -0.490 e. The Morgan fingerprint density at radius 3 is 1.97 bits per heavy atom. The summed E-state index contributed by atoms with van der Waals surface area (Å²) in [6.45, 7) is 4.69. The van der Waals surface area contributed by atoms with Crippen molar-refractivity contribution < 1.29 is 19.3 Å². The number of allylic oxidation sites excluding steroid dienone is 2. The van der Waals surface area contributed by atoms with Gasteiger partial charge in [-0.1, -0.05) is 82.6 Å². The van der Waals surface area contributed by atoms with Crippen LogP contribution in [0.5, 0.6) is 11.5 Å². The maximum atomic E-state index is 11.8. The van der Waals surface area contributed by atoms with E-state index in [0.29, 0.717) is 24.5 Å². The molecule has 170 valence electrons. The molecule has 0 bridgehead atoms. The molecule has 0 fully saturated rings. The van der Waals surface area contributed by atoms with Gasteiger partial charge in [0.15, 0.2) is 5.75 Å². The molecule has 0 aliphatic carbocycles. The topological polar surface area (TPSA) is 44.8 Å². The molecule has 0 radical (unpaired) electrons.